The summed E-state index contributed by atoms with van der Waals surface area (Å²) >= 11 is 0. The van der Waals surface area contributed by atoms with Crippen LogP contribution in [0.2, 0.25) is 0 Å². The average molecular weight is 633 g/mol. The number of hydrogen-bond acceptors (Lipinski definition) is 2. The fourth-order valence-corrected chi connectivity index (χ4v) is 7.38. The van der Waals surface area contributed by atoms with Gasteiger partial charge in [0, 0.05) is 28.2 Å². The van der Waals surface area contributed by atoms with E-state index >= 15 is 0 Å². The van der Waals surface area contributed by atoms with Gasteiger partial charge in [0.15, 0.2) is 0 Å². The van der Waals surface area contributed by atoms with E-state index in [9.17, 15) is 0 Å². The molecule has 0 saturated heterocycles. The van der Waals surface area contributed by atoms with Gasteiger partial charge in [-0.25, -0.2) is 0 Å². The Morgan fingerprint density at radius 2 is 0.939 bits per heavy atom. The molecule has 0 spiro atoms. The molecule has 0 bridgehead atoms. The highest BCUT2D eigenvalue weighted by atomic mass is 15.2. The first-order valence-electron chi connectivity index (χ1n) is 17.1. The summed E-state index contributed by atoms with van der Waals surface area (Å²) in [6.45, 7) is 9.01. The first-order valence-corrected chi connectivity index (χ1v) is 17.1. The molecule has 0 saturated carbocycles. The van der Waals surface area contributed by atoms with Gasteiger partial charge in [-0.05, 0) is 125 Å². The van der Waals surface area contributed by atoms with Crippen LogP contribution in [0, 0.1) is 13.8 Å². The van der Waals surface area contributed by atoms with Crippen molar-refractivity contribution in [2.45, 2.75) is 33.1 Å². The second kappa shape index (κ2) is 12.3. The molecule has 7 aromatic carbocycles. The predicted molar refractivity (Wildman–Crippen MR) is 208 cm³/mol. The summed E-state index contributed by atoms with van der Waals surface area (Å²) in [6.07, 6.45) is 0. The third kappa shape index (κ3) is 5.60. The van der Waals surface area contributed by atoms with E-state index in [1.165, 1.54) is 55.9 Å². The number of aryl methyl sites for hydroxylation is 2. The van der Waals surface area contributed by atoms with Gasteiger partial charge >= 0.3 is 0 Å². The van der Waals surface area contributed by atoms with Crippen LogP contribution in [0.1, 0.15) is 36.1 Å². The lowest BCUT2D eigenvalue weighted by molar-refractivity contribution is 0.632. The molecule has 238 valence electrons. The van der Waals surface area contributed by atoms with Gasteiger partial charge in [0.05, 0.1) is 11.4 Å². The molecular formula is C47H40N2. The zero-order valence-corrected chi connectivity index (χ0v) is 28.6. The third-order valence-corrected chi connectivity index (χ3v) is 9.94. The van der Waals surface area contributed by atoms with Crippen LogP contribution in [-0.4, -0.2) is 0 Å². The molecule has 0 aromatic heterocycles. The van der Waals surface area contributed by atoms with E-state index in [-0.39, 0.29) is 5.41 Å². The van der Waals surface area contributed by atoms with E-state index in [0.717, 1.165) is 22.7 Å². The Balaban J connectivity index is 1.19. The van der Waals surface area contributed by atoms with Gasteiger partial charge in [-0.2, -0.15) is 0 Å². The van der Waals surface area contributed by atoms with Crippen LogP contribution in [0.4, 0.5) is 34.1 Å². The van der Waals surface area contributed by atoms with E-state index in [1.807, 2.05) is 0 Å². The van der Waals surface area contributed by atoms with Crippen molar-refractivity contribution in [1.82, 2.24) is 0 Å². The van der Waals surface area contributed by atoms with Gasteiger partial charge in [-0.15, -0.1) is 0 Å². The molecule has 0 N–H and O–H groups in total. The van der Waals surface area contributed by atoms with Crippen molar-refractivity contribution in [1.29, 1.82) is 0 Å². The van der Waals surface area contributed by atoms with Crippen LogP contribution in [0.3, 0.4) is 0 Å². The normalized spacial score (nSPS) is 13.0. The molecule has 1 heterocycles. The Hall–Kier alpha value is -5.86. The maximum absolute atomic E-state index is 2.43. The maximum atomic E-state index is 2.43. The van der Waals surface area contributed by atoms with Gasteiger partial charge in [0.2, 0.25) is 0 Å². The number of nitrogens with zero attached hydrogens (tertiary/aromatic N) is 2. The van der Waals surface area contributed by atoms with Crippen molar-refractivity contribution in [3.05, 3.63) is 192 Å². The Labute approximate surface area is 290 Å². The van der Waals surface area contributed by atoms with E-state index in [1.54, 1.807) is 0 Å². The van der Waals surface area contributed by atoms with Gasteiger partial charge < -0.3 is 9.80 Å². The van der Waals surface area contributed by atoms with Crippen molar-refractivity contribution < 1.29 is 0 Å². The summed E-state index contributed by atoms with van der Waals surface area (Å²) in [5.74, 6) is 0. The third-order valence-electron chi connectivity index (χ3n) is 9.94. The Bertz CT molecular complexity index is 2220. The van der Waals surface area contributed by atoms with Crippen LogP contribution < -0.4 is 9.80 Å². The smallest absolute Gasteiger partial charge is 0.0503 e. The van der Waals surface area contributed by atoms with Crippen molar-refractivity contribution in [2.75, 3.05) is 9.80 Å². The van der Waals surface area contributed by atoms with Gasteiger partial charge in [0.1, 0.15) is 0 Å². The number of benzene rings is 7. The number of fused-ring (bicyclic) bond motifs is 2. The summed E-state index contributed by atoms with van der Waals surface area (Å²) < 4.78 is 0. The highest BCUT2D eigenvalue weighted by Crippen LogP contribution is 2.52. The zero-order chi connectivity index (χ0) is 33.5. The lowest BCUT2D eigenvalue weighted by Crippen LogP contribution is -2.30. The van der Waals surface area contributed by atoms with E-state index in [2.05, 4.69) is 207 Å². The first kappa shape index (κ1) is 30.5. The minimum Gasteiger partial charge on any atom is -0.310 e. The highest BCUT2D eigenvalue weighted by molar-refractivity contribution is 5.88. The Kier molecular flexibility index (Phi) is 7.65. The SMILES string of the molecule is Cc1cccc(N(c2ccc(-c3ccc4c(c3)C(C)(C)c3ccccc3N4c3ccc(-c4ccccc4)cc3)cc2)c2cccc(C)c2)c1. The van der Waals surface area contributed by atoms with Crippen molar-refractivity contribution >= 4 is 34.1 Å². The molecule has 1 aliphatic rings. The standard InChI is InChI=1S/C47H40N2/c1-33-12-10-16-41(30-33)48(42-17-11-13-34(2)31-42)39-25-22-37(23-26-39)38-24-29-46-44(32-38)47(3,4)43-18-8-9-19-45(43)49(46)40-27-20-36(21-28-40)35-14-6-5-7-15-35/h5-32H,1-4H3. The topological polar surface area (TPSA) is 6.48 Å². The summed E-state index contributed by atoms with van der Waals surface area (Å²) in [5, 5.41) is 0. The minimum absolute atomic E-state index is 0.171. The Morgan fingerprint density at radius 1 is 0.408 bits per heavy atom. The largest absolute Gasteiger partial charge is 0.310 e. The molecule has 0 radical (unpaired) electrons. The zero-order valence-electron chi connectivity index (χ0n) is 28.6. The predicted octanol–water partition coefficient (Wildman–Crippen LogP) is 13.2. The van der Waals surface area contributed by atoms with E-state index in [0.29, 0.717) is 0 Å². The molecule has 0 amide bonds. The van der Waals surface area contributed by atoms with Crippen molar-refractivity contribution in [2.24, 2.45) is 0 Å². The fourth-order valence-electron chi connectivity index (χ4n) is 7.38. The number of anilines is 6. The molecule has 49 heavy (non-hydrogen) atoms. The number of hydrogen-bond donors (Lipinski definition) is 0. The van der Waals surface area contributed by atoms with Crippen LogP contribution in [-0.2, 0) is 5.41 Å². The molecule has 2 nitrogen and oxygen atoms in total. The van der Waals surface area contributed by atoms with E-state index < -0.39 is 0 Å². The molecule has 0 unspecified atom stereocenters. The van der Waals surface area contributed by atoms with Crippen LogP contribution >= 0.6 is 0 Å². The highest BCUT2D eigenvalue weighted by Gasteiger charge is 2.37. The summed E-state index contributed by atoms with van der Waals surface area (Å²) in [4.78, 5) is 4.77. The van der Waals surface area contributed by atoms with Crippen LogP contribution in [0.15, 0.2) is 170 Å². The maximum Gasteiger partial charge on any atom is 0.0503 e. The summed E-state index contributed by atoms with van der Waals surface area (Å²) in [6, 6.07) is 61.9. The van der Waals surface area contributed by atoms with Crippen molar-refractivity contribution in [3.63, 3.8) is 0 Å². The second-order valence-corrected chi connectivity index (χ2v) is 13.7. The first-order chi connectivity index (χ1) is 23.9. The lowest BCUT2D eigenvalue weighted by atomic mass is 9.73. The quantitative estimate of drug-likeness (QED) is 0.180. The number of rotatable bonds is 6. The summed E-state index contributed by atoms with van der Waals surface area (Å²) in [7, 11) is 0. The van der Waals surface area contributed by atoms with Gasteiger partial charge in [-0.1, -0.05) is 117 Å². The van der Waals surface area contributed by atoms with Crippen LogP contribution in [0.5, 0.6) is 0 Å². The summed E-state index contributed by atoms with van der Waals surface area (Å²) in [5.41, 5.74) is 16.9. The average Bonchev–Trinajstić information content (AvgIpc) is 3.13. The molecular weight excluding hydrogens is 593 g/mol. The molecule has 2 heteroatoms. The fraction of sp³-hybridized carbons (Fsp3) is 0.106. The minimum atomic E-state index is -0.171. The molecule has 7 aromatic rings. The van der Waals surface area contributed by atoms with E-state index in [4.69, 9.17) is 0 Å². The number of para-hydroxylation sites is 1. The molecule has 0 atom stereocenters. The monoisotopic (exact) mass is 632 g/mol. The van der Waals surface area contributed by atoms with Crippen LogP contribution in [0.25, 0.3) is 22.3 Å². The van der Waals surface area contributed by atoms with Crippen molar-refractivity contribution in [3.8, 4) is 22.3 Å². The second-order valence-electron chi connectivity index (χ2n) is 13.7. The molecule has 0 fully saturated rings. The van der Waals surface area contributed by atoms with Gasteiger partial charge in [0.25, 0.3) is 0 Å². The van der Waals surface area contributed by atoms with Gasteiger partial charge in [-0.3, -0.25) is 0 Å². The molecule has 1 aliphatic heterocycles. The molecule has 0 aliphatic carbocycles. The lowest BCUT2D eigenvalue weighted by Gasteiger charge is -2.42. The Morgan fingerprint density at radius 3 is 1.59 bits per heavy atom. The molecule has 8 rings (SSSR count).